The topological polar surface area (TPSA) is 114 Å². The van der Waals surface area contributed by atoms with Crippen molar-refractivity contribution in [3.8, 4) is 11.3 Å². The van der Waals surface area contributed by atoms with E-state index < -0.39 is 19.9 Å². The fourth-order valence-corrected chi connectivity index (χ4v) is 7.97. The Morgan fingerprint density at radius 1 is 1.00 bits per heavy atom. The van der Waals surface area contributed by atoms with E-state index in [1.54, 1.807) is 0 Å². The third kappa shape index (κ3) is 5.69. The van der Waals surface area contributed by atoms with Gasteiger partial charge in [-0.1, -0.05) is 50.2 Å². The molecule has 1 amide bonds. The Morgan fingerprint density at radius 2 is 1.61 bits per heavy atom. The summed E-state index contributed by atoms with van der Waals surface area (Å²) < 4.78 is 51.8. The first-order valence-corrected chi connectivity index (χ1v) is 15.8. The summed E-state index contributed by atoms with van der Waals surface area (Å²) in [5, 5.41) is 5.26. The summed E-state index contributed by atoms with van der Waals surface area (Å²) in [6.45, 7) is 4.54. The van der Waals surface area contributed by atoms with Gasteiger partial charge in [0.25, 0.3) is 0 Å². The summed E-state index contributed by atoms with van der Waals surface area (Å²) in [6, 6.07) is 13.8. The number of hydrogen-bond donors (Lipinski definition) is 1. The van der Waals surface area contributed by atoms with E-state index >= 15 is 0 Å². The second-order valence-electron chi connectivity index (χ2n) is 9.20. The quantitative estimate of drug-likeness (QED) is 0.470. The lowest BCUT2D eigenvalue weighted by atomic mass is 9.97. The third-order valence-corrected chi connectivity index (χ3v) is 10.3. The summed E-state index contributed by atoms with van der Waals surface area (Å²) in [5.74, 6) is -0.112. The minimum absolute atomic E-state index is 0.129. The summed E-state index contributed by atoms with van der Waals surface area (Å²) in [7, 11) is -7.72. The molecule has 2 aromatic carbocycles. The van der Waals surface area contributed by atoms with Crippen molar-refractivity contribution >= 4 is 42.2 Å². The first-order valence-electron chi connectivity index (χ1n) is 11.6. The lowest BCUT2D eigenvalue weighted by molar-refractivity contribution is -0.120. The number of amides is 1. The maximum atomic E-state index is 13.2. The molecule has 8 nitrogen and oxygen atoms in total. The van der Waals surface area contributed by atoms with Gasteiger partial charge in [0, 0.05) is 36.2 Å². The number of benzene rings is 2. The summed E-state index contributed by atoms with van der Waals surface area (Å²) in [5.41, 5.74) is 3.01. The van der Waals surface area contributed by atoms with Crippen LogP contribution in [0.1, 0.15) is 38.2 Å². The van der Waals surface area contributed by atoms with Crippen LogP contribution in [0.4, 0.5) is 5.13 Å². The molecule has 1 saturated heterocycles. The van der Waals surface area contributed by atoms with Gasteiger partial charge in [-0.05, 0) is 36.5 Å². The molecule has 36 heavy (non-hydrogen) atoms. The van der Waals surface area contributed by atoms with Gasteiger partial charge < -0.3 is 5.32 Å². The fraction of sp³-hybridized carbons (Fsp3) is 0.360. The van der Waals surface area contributed by atoms with Gasteiger partial charge in [-0.3, -0.25) is 4.79 Å². The molecule has 0 bridgehead atoms. The van der Waals surface area contributed by atoms with Gasteiger partial charge >= 0.3 is 0 Å². The summed E-state index contributed by atoms with van der Waals surface area (Å²) in [6.07, 6.45) is 1.66. The van der Waals surface area contributed by atoms with Crippen LogP contribution in [0, 0.1) is 5.92 Å². The van der Waals surface area contributed by atoms with Crippen molar-refractivity contribution in [3.63, 3.8) is 0 Å². The number of nitrogens with one attached hydrogen (secondary N) is 1. The Hall–Kier alpha value is -2.60. The van der Waals surface area contributed by atoms with Gasteiger partial charge in [0.1, 0.15) is 4.90 Å². The number of sulfone groups is 1. The van der Waals surface area contributed by atoms with Crippen LogP contribution in [0.25, 0.3) is 11.3 Å². The summed E-state index contributed by atoms with van der Waals surface area (Å²) >= 11 is 1.35. The van der Waals surface area contributed by atoms with Crippen LogP contribution in [-0.4, -0.2) is 51.4 Å². The van der Waals surface area contributed by atoms with E-state index in [0.717, 1.165) is 17.5 Å². The number of hydrogen-bond acceptors (Lipinski definition) is 7. The molecule has 1 aromatic heterocycles. The van der Waals surface area contributed by atoms with Gasteiger partial charge in [-0.15, -0.1) is 11.3 Å². The normalized spacial score (nSPS) is 15.8. The maximum Gasteiger partial charge on any atom is 0.244 e. The zero-order valence-corrected chi connectivity index (χ0v) is 22.8. The molecule has 192 valence electrons. The minimum Gasteiger partial charge on any atom is -0.302 e. The largest absolute Gasteiger partial charge is 0.302 e. The second-order valence-corrected chi connectivity index (χ2v) is 13.9. The lowest BCUT2D eigenvalue weighted by Gasteiger charge is -2.30. The van der Waals surface area contributed by atoms with Gasteiger partial charge in [0.15, 0.2) is 15.0 Å². The van der Waals surface area contributed by atoms with Gasteiger partial charge in [-0.25, -0.2) is 21.8 Å². The van der Waals surface area contributed by atoms with Gasteiger partial charge in [-0.2, -0.15) is 4.31 Å². The van der Waals surface area contributed by atoms with Crippen molar-refractivity contribution in [2.75, 3.05) is 24.7 Å². The molecule has 0 atom stereocenters. The molecular weight excluding hydrogens is 518 g/mol. The molecular formula is C25H29N3O5S3. The number of anilines is 1. The molecule has 1 aliphatic rings. The molecule has 0 spiro atoms. The van der Waals surface area contributed by atoms with Gasteiger partial charge in [0.05, 0.1) is 10.6 Å². The molecule has 1 aliphatic heterocycles. The predicted octanol–water partition coefficient (Wildman–Crippen LogP) is 4.38. The van der Waals surface area contributed by atoms with E-state index in [1.807, 2.05) is 17.5 Å². The molecule has 2 heterocycles. The van der Waals surface area contributed by atoms with Crippen molar-refractivity contribution < 1.29 is 21.6 Å². The number of sulfonamides is 1. The Labute approximate surface area is 216 Å². The second kappa shape index (κ2) is 10.4. The van der Waals surface area contributed by atoms with Crippen molar-refractivity contribution in [3.05, 3.63) is 59.5 Å². The molecule has 1 N–H and O–H groups in total. The summed E-state index contributed by atoms with van der Waals surface area (Å²) in [4.78, 5) is 16.9. The molecule has 0 unspecified atom stereocenters. The number of thiazole rings is 1. The fourth-order valence-electron chi connectivity index (χ4n) is 4.18. The standard InChI is InChI=1S/C25H29N3O5S3/c1-17(2)18-8-10-19(11-9-18)21-16-34-25(26-21)27-24(29)20-12-14-28(15-13-20)36(32,33)23-7-5-4-6-22(23)35(3,30)31/h4-11,16-17,20H,12-15H2,1-3H3,(H,26,27,29). The number of aromatic nitrogens is 1. The number of piperidine rings is 1. The highest BCUT2D eigenvalue weighted by molar-refractivity contribution is 7.93. The molecule has 1 fully saturated rings. The Morgan fingerprint density at radius 3 is 2.19 bits per heavy atom. The number of carbonyl (C=O) groups excluding carboxylic acids is 1. The van der Waals surface area contributed by atoms with Gasteiger partial charge in [0.2, 0.25) is 15.9 Å². The van der Waals surface area contributed by atoms with Crippen molar-refractivity contribution in [2.24, 2.45) is 5.92 Å². The first-order chi connectivity index (χ1) is 17.0. The van der Waals surface area contributed by atoms with Crippen LogP contribution >= 0.6 is 11.3 Å². The van der Waals surface area contributed by atoms with Crippen LogP contribution in [0.3, 0.4) is 0 Å². The van der Waals surface area contributed by atoms with Crippen LogP contribution in [0.2, 0.25) is 0 Å². The number of rotatable bonds is 7. The van der Waals surface area contributed by atoms with Crippen LogP contribution in [-0.2, 0) is 24.7 Å². The first kappa shape index (κ1) is 26.5. The Bertz CT molecular complexity index is 1450. The van der Waals surface area contributed by atoms with E-state index in [9.17, 15) is 21.6 Å². The molecule has 0 aliphatic carbocycles. The van der Waals surface area contributed by atoms with E-state index in [-0.39, 0.29) is 34.7 Å². The highest BCUT2D eigenvalue weighted by atomic mass is 32.2. The average molecular weight is 548 g/mol. The van der Waals surface area contributed by atoms with E-state index in [1.165, 1.54) is 45.5 Å². The highest BCUT2D eigenvalue weighted by Gasteiger charge is 2.34. The van der Waals surface area contributed by atoms with E-state index in [4.69, 9.17) is 0 Å². The zero-order chi connectivity index (χ0) is 26.1. The molecule has 4 rings (SSSR count). The van der Waals surface area contributed by atoms with Crippen molar-refractivity contribution in [1.82, 2.24) is 9.29 Å². The average Bonchev–Trinajstić information content (AvgIpc) is 3.32. The molecule has 3 aromatic rings. The predicted molar refractivity (Wildman–Crippen MR) is 141 cm³/mol. The zero-order valence-electron chi connectivity index (χ0n) is 20.3. The molecule has 0 saturated carbocycles. The van der Waals surface area contributed by atoms with Crippen LogP contribution in [0.5, 0.6) is 0 Å². The van der Waals surface area contributed by atoms with E-state index in [2.05, 4.69) is 36.3 Å². The Kier molecular flexibility index (Phi) is 7.65. The lowest BCUT2D eigenvalue weighted by Crippen LogP contribution is -2.41. The SMILES string of the molecule is CC(C)c1ccc(-c2csc(NC(=O)C3CCN(S(=O)(=O)c4ccccc4S(C)(=O)=O)CC3)n2)cc1. The maximum absolute atomic E-state index is 13.2. The monoisotopic (exact) mass is 547 g/mol. The van der Waals surface area contributed by atoms with Crippen LogP contribution < -0.4 is 5.32 Å². The Balaban J connectivity index is 1.39. The van der Waals surface area contributed by atoms with Crippen molar-refractivity contribution in [1.29, 1.82) is 0 Å². The highest BCUT2D eigenvalue weighted by Crippen LogP contribution is 2.30. The molecule has 0 radical (unpaired) electrons. The minimum atomic E-state index is -4.01. The van der Waals surface area contributed by atoms with Crippen LogP contribution in [0.15, 0.2) is 63.7 Å². The third-order valence-electron chi connectivity index (χ3n) is 6.30. The number of carbonyl (C=O) groups is 1. The van der Waals surface area contributed by atoms with Crippen molar-refractivity contribution in [2.45, 2.75) is 42.4 Å². The smallest absolute Gasteiger partial charge is 0.244 e. The molecule has 11 heteroatoms. The number of nitrogens with zero attached hydrogens (tertiary/aromatic N) is 2. The van der Waals surface area contributed by atoms with E-state index in [0.29, 0.717) is 23.9 Å².